The number of amides is 1. The van der Waals surface area contributed by atoms with Gasteiger partial charge in [-0.05, 0) is 24.3 Å². The average molecular weight is 292 g/mol. The van der Waals surface area contributed by atoms with Crippen LogP contribution in [0.25, 0.3) is 0 Å². The third kappa shape index (κ3) is 3.79. The molecule has 1 amide bonds. The number of carbonyl (C=O) groups excluding carboxylic acids is 1. The summed E-state index contributed by atoms with van der Waals surface area (Å²) in [5, 5.41) is 10.8. The Morgan fingerprint density at radius 3 is 2.75 bits per heavy atom. The number of carbonyl (C=O) groups is 1. The zero-order valence-corrected chi connectivity index (χ0v) is 12.0. The Morgan fingerprint density at radius 1 is 1.40 bits per heavy atom. The number of hydrogen-bond donors (Lipinski definition) is 1. The molecule has 1 N–H and O–H groups in total. The van der Waals surface area contributed by atoms with Crippen LogP contribution in [-0.2, 0) is 6.61 Å². The molecule has 0 aliphatic carbocycles. The molecule has 2 aromatic rings. The zero-order valence-electron chi connectivity index (χ0n) is 11.2. The zero-order chi connectivity index (χ0) is 14.4. The summed E-state index contributed by atoms with van der Waals surface area (Å²) in [5.74, 6) is 0.574. The first-order valence-electron chi connectivity index (χ1n) is 6.17. The number of aliphatic hydroxyl groups excluding tert-OH is 1. The van der Waals surface area contributed by atoms with E-state index >= 15 is 0 Å². The minimum absolute atomic E-state index is 0.0446. The van der Waals surface area contributed by atoms with Crippen molar-refractivity contribution in [2.24, 2.45) is 0 Å². The lowest BCUT2D eigenvalue weighted by atomic mass is 10.2. The van der Waals surface area contributed by atoms with Crippen LogP contribution in [0.1, 0.15) is 16.1 Å². The molecule has 0 radical (unpaired) electrons. The summed E-state index contributed by atoms with van der Waals surface area (Å²) in [4.78, 5) is 17.6. The molecule has 5 nitrogen and oxygen atoms in total. The van der Waals surface area contributed by atoms with Crippen molar-refractivity contribution in [3.05, 3.63) is 46.4 Å². The normalized spacial score (nSPS) is 10.3. The molecule has 106 valence electrons. The molecule has 0 bridgehead atoms. The van der Waals surface area contributed by atoms with Crippen LogP contribution >= 0.6 is 11.3 Å². The van der Waals surface area contributed by atoms with Gasteiger partial charge >= 0.3 is 0 Å². The molecule has 1 aromatic heterocycles. The number of likely N-dealkylation sites (N-methyl/N-ethyl adjacent to an activating group) is 1. The molecular formula is C14H16N2O3S. The van der Waals surface area contributed by atoms with Gasteiger partial charge in [0.05, 0.1) is 17.8 Å². The fourth-order valence-electron chi connectivity index (χ4n) is 1.63. The molecule has 2 rings (SSSR count). The van der Waals surface area contributed by atoms with Gasteiger partial charge in [0.15, 0.2) is 0 Å². The lowest BCUT2D eigenvalue weighted by molar-refractivity contribution is 0.0767. The maximum absolute atomic E-state index is 12.0. The van der Waals surface area contributed by atoms with Crippen molar-refractivity contribution in [3.8, 4) is 5.75 Å². The second-order valence-electron chi connectivity index (χ2n) is 4.24. The highest BCUT2D eigenvalue weighted by Crippen LogP contribution is 2.15. The molecule has 0 saturated heterocycles. The standard InChI is InChI=1S/C14H16N2O3S/c1-16(6-7-17)14(18)11-2-4-13(5-3-11)19-8-12-9-20-10-15-12/h2-5,9-10,17H,6-8H2,1H3. The summed E-state index contributed by atoms with van der Waals surface area (Å²) in [7, 11) is 1.66. The summed E-state index contributed by atoms with van der Waals surface area (Å²) >= 11 is 1.53. The van der Waals surface area contributed by atoms with E-state index < -0.39 is 0 Å². The molecular weight excluding hydrogens is 276 g/mol. The summed E-state index contributed by atoms with van der Waals surface area (Å²) in [6.45, 7) is 0.694. The van der Waals surface area contributed by atoms with Crippen LogP contribution in [-0.4, -0.2) is 41.1 Å². The van der Waals surface area contributed by atoms with Crippen molar-refractivity contribution in [2.45, 2.75) is 6.61 Å². The first kappa shape index (κ1) is 14.5. The number of nitrogens with zero attached hydrogens (tertiary/aromatic N) is 2. The van der Waals surface area contributed by atoms with E-state index in [1.807, 2.05) is 5.38 Å². The van der Waals surface area contributed by atoms with Gasteiger partial charge in [0.1, 0.15) is 12.4 Å². The van der Waals surface area contributed by atoms with Crippen molar-refractivity contribution in [3.63, 3.8) is 0 Å². The van der Waals surface area contributed by atoms with Gasteiger partial charge in [0, 0.05) is 24.5 Å². The maximum atomic E-state index is 12.0. The van der Waals surface area contributed by atoms with E-state index in [1.54, 1.807) is 36.8 Å². The summed E-state index contributed by atoms with van der Waals surface area (Å²) in [5.41, 5.74) is 3.22. The number of benzene rings is 1. The quantitative estimate of drug-likeness (QED) is 0.881. The summed E-state index contributed by atoms with van der Waals surface area (Å²) in [6, 6.07) is 6.94. The molecule has 20 heavy (non-hydrogen) atoms. The van der Waals surface area contributed by atoms with Gasteiger partial charge in [-0.15, -0.1) is 11.3 Å². The average Bonchev–Trinajstić information content (AvgIpc) is 2.98. The largest absolute Gasteiger partial charge is 0.487 e. The second-order valence-corrected chi connectivity index (χ2v) is 4.96. The highest BCUT2D eigenvalue weighted by atomic mass is 32.1. The topological polar surface area (TPSA) is 62.7 Å². The monoisotopic (exact) mass is 292 g/mol. The van der Waals surface area contributed by atoms with Crippen molar-refractivity contribution in [2.75, 3.05) is 20.2 Å². The Balaban J connectivity index is 1.94. The van der Waals surface area contributed by atoms with E-state index in [0.29, 0.717) is 24.5 Å². The predicted molar refractivity (Wildman–Crippen MR) is 76.9 cm³/mol. The van der Waals surface area contributed by atoms with E-state index in [2.05, 4.69) is 4.98 Å². The fourth-order valence-corrected chi connectivity index (χ4v) is 2.17. The van der Waals surface area contributed by atoms with Crippen molar-refractivity contribution < 1.29 is 14.6 Å². The van der Waals surface area contributed by atoms with Gasteiger partial charge in [0.25, 0.3) is 5.91 Å². The third-order valence-electron chi connectivity index (χ3n) is 2.75. The molecule has 0 saturated carbocycles. The summed E-state index contributed by atoms with van der Waals surface area (Å²) < 4.78 is 5.57. The van der Waals surface area contributed by atoms with Gasteiger partial charge in [-0.3, -0.25) is 4.79 Å². The van der Waals surface area contributed by atoms with Crippen LogP contribution in [0.2, 0.25) is 0 Å². The number of ether oxygens (including phenoxy) is 1. The fraction of sp³-hybridized carbons (Fsp3) is 0.286. The lowest BCUT2D eigenvalue weighted by Gasteiger charge is -2.15. The Morgan fingerprint density at radius 2 is 2.15 bits per heavy atom. The smallest absolute Gasteiger partial charge is 0.253 e. The maximum Gasteiger partial charge on any atom is 0.253 e. The van der Waals surface area contributed by atoms with E-state index in [0.717, 1.165) is 5.69 Å². The van der Waals surface area contributed by atoms with Gasteiger partial charge in [0.2, 0.25) is 0 Å². The third-order valence-corrected chi connectivity index (χ3v) is 3.39. The number of thiazole rings is 1. The van der Waals surface area contributed by atoms with E-state index in [9.17, 15) is 4.79 Å². The van der Waals surface area contributed by atoms with Crippen LogP contribution in [0.3, 0.4) is 0 Å². The van der Waals surface area contributed by atoms with Crippen molar-refractivity contribution in [1.82, 2.24) is 9.88 Å². The number of aromatic nitrogens is 1. The van der Waals surface area contributed by atoms with Crippen LogP contribution in [0.15, 0.2) is 35.2 Å². The van der Waals surface area contributed by atoms with Crippen LogP contribution in [0, 0.1) is 0 Å². The van der Waals surface area contributed by atoms with Crippen molar-refractivity contribution in [1.29, 1.82) is 0 Å². The molecule has 0 spiro atoms. The molecule has 0 unspecified atom stereocenters. The predicted octanol–water partition coefficient (Wildman–Crippen LogP) is 1.79. The number of hydrogen-bond acceptors (Lipinski definition) is 5. The SMILES string of the molecule is CN(CCO)C(=O)c1ccc(OCc2cscn2)cc1. The molecule has 1 heterocycles. The van der Waals surface area contributed by atoms with Gasteiger partial charge in [-0.1, -0.05) is 0 Å². The van der Waals surface area contributed by atoms with E-state index in [1.165, 1.54) is 16.2 Å². The lowest BCUT2D eigenvalue weighted by Crippen LogP contribution is -2.29. The van der Waals surface area contributed by atoms with E-state index in [-0.39, 0.29) is 12.5 Å². The molecule has 6 heteroatoms. The second kappa shape index (κ2) is 7.02. The Hall–Kier alpha value is -1.92. The Bertz CT molecular complexity index is 540. The van der Waals surface area contributed by atoms with Crippen LogP contribution in [0.4, 0.5) is 0 Å². The minimum atomic E-state index is -0.120. The first-order valence-corrected chi connectivity index (χ1v) is 7.11. The van der Waals surface area contributed by atoms with Crippen LogP contribution < -0.4 is 4.74 Å². The van der Waals surface area contributed by atoms with Crippen molar-refractivity contribution >= 4 is 17.2 Å². The highest BCUT2D eigenvalue weighted by Gasteiger charge is 2.10. The highest BCUT2D eigenvalue weighted by molar-refractivity contribution is 7.07. The summed E-state index contributed by atoms with van der Waals surface area (Å²) in [6.07, 6.45) is 0. The van der Waals surface area contributed by atoms with Gasteiger partial charge in [-0.25, -0.2) is 4.98 Å². The molecule has 1 aromatic carbocycles. The first-order chi connectivity index (χ1) is 9.70. The number of aliphatic hydroxyl groups is 1. The molecule has 0 atom stereocenters. The van der Waals surface area contributed by atoms with Crippen LogP contribution in [0.5, 0.6) is 5.75 Å². The molecule has 0 aliphatic heterocycles. The van der Waals surface area contributed by atoms with Gasteiger partial charge in [-0.2, -0.15) is 0 Å². The molecule has 0 fully saturated rings. The molecule has 0 aliphatic rings. The van der Waals surface area contributed by atoms with E-state index in [4.69, 9.17) is 9.84 Å². The minimum Gasteiger partial charge on any atom is -0.487 e. The Labute approximate surface area is 121 Å². The van der Waals surface area contributed by atoms with Gasteiger partial charge < -0.3 is 14.7 Å². The number of rotatable bonds is 6. The Kier molecular flexibility index (Phi) is 5.09.